The molecular weight excluding hydrogens is 335 g/mol. The smallest absolute Gasteiger partial charge is 0.131 e. The maximum Gasteiger partial charge on any atom is 0.131 e. The Labute approximate surface area is 164 Å². The zero-order chi connectivity index (χ0) is 19.1. The van der Waals surface area contributed by atoms with Gasteiger partial charge >= 0.3 is 0 Å². The van der Waals surface area contributed by atoms with E-state index in [1.54, 1.807) is 13.2 Å². The van der Waals surface area contributed by atoms with Gasteiger partial charge in [0.2, 0.25) is 0 Å². The molecule has 1 nitrogen and oxygen atoms in total. The van der Waals surface area contributed by atoms with Gasteiger partial charge in [-0.3, -0.25) is 0 Å². The molecule has 0 aromatic heterocycles. The number of hydrogen-bond donors (Lipinski definition) is 0. The lowest BCUT2D eigenvalue weighted by Gasteiger charge is -2.29. The van der Waals surface area contributed by atoms with Gasteiger partial charge in [0.25, 0.3) is 0 Å². The molecule has 0 bridgehead atoms. The summed E-state index contributed by atoms with van der Waals surface area (Å²) < 4.78 is 19.3. The molecule has 0 N–H and O–H groups in total. The number of halogens is 1. The third kappa shape index (κ3) is 5.65. The molecule has 0 saturated heterocycles. The van der Waals surface area contributed by atoms with E-state index in [1.165, 1.54) is 56.9 Å². The molecule has 0 atom stereocenters. The van der Waals surface area contributed by atoms with Crippen molar-refractivity contribution in [1.82, 2.24) is 0 Å². The van der Waals surface area contributed by atoms with Crippen LogP contribution in [0.2, 0.25) is 0 Å². The minimum absolute atomic E-state index is 0.131. The molecule has 0 radical (unpaired) electrons. The normalized spacial score (nSPS) is 20.0. The largest absolute Gasteiger partial charge is 0.385 e. The van der Waals surface area contributed by atoms with E-state index in [4.69, 9.17) is 4.74 Å². The minimum atomic E-state index is -0.131. The fourth-order valence-corrected chi connectivity index (χ4v) is 4.43. The molecule has 0 heterocycles. The molecule has 0 spiro atoms. The number of ether oxygens (including phenoxy) is 1. The van der Waals surface area contributed by atoms with Crippen molar-refractivity contribution in [1.29, 1.82) is 0 Å². The topological polar surface area (TPSA) is 9.23 Å². The fourth-order valence-electron chi connectivity index (χ4n) is 4.43. The number of aryl methyl sites for hydroxylation is 1. The summed E-state index contributed by atoms with van der Waals surface area (Å²) in [4.78, 5) is 0. The van der Waals surface area contributed by atoms with Crippen molar-refractivity contribution in [3.63, 3.8) is 0 Å². The summed E-state index contributed by atoms with van der Waals surface area (Å²) >= 11 is 0. The van der Waals surface area contributed by atoms with Gasteiger partial charge in [-0.1, -0.05) is 55.7 Å². The third-order valence-electron chi connectivity index (χ3n) is 6.13. The first-order valence-corrected chi connectivity index (χ1v) is 10.5. The maximum absolute atomic E-state index is 14.2. The molecule has 0 amide bonds. The Hall–Kier alpha value is -1.67. The highest BCUT2D eigenvalue weighted by Crippen LogP contribution is 2.38. The first-order chi connectivity index (χ1) is 13.2. The Morgan fingerprint density at radius 3 is 2.33 bits per heavy atom. The molecular formula is C25H33FO. The summed E-state index contributed by atoms with van der Waals surface area (Å²) in [5.41, 5.74) is 4.05. The second kappa shape index (κ2) is 10.0. The van der Waals surface area contributed by atoms with Crippen molar-refractivity contribution in [2.24, 2.45) is 5.92 Å². The van der Waals surface area contributed by atoms with Crippen molar-refractivity contribution < 1.29 is 9.13 Å². The van der Waals surface area contributed by atoms with Gasteiger partial charge in [-0.25, -0.2) is 4.39 Å². The Bertz CT molecular complexity index is 699. The van der Waals surface area contributed by atoms with Crippen LogP contribution in [0, 0.1) is 18.7 Å². The third-order valence-corrected chi connectivity index (χ3v) is 6.13. The van der Waals surface area contributed by atoms with Crippen LogP contribution >= 0.6 is 0 Å². The molecule has 2 aromatic rings. The van der Waals surface area contributed by atoms with Crippen molar-refractivity contribution in [3.05, 3.63) is 59.4 Å². The highest BCUT2D eigenvalue weighted by molar-refractivity contribution is 5.64. The summed E-state index contributed by atoms with van der Waals surface area (Å²) in [6.45, 7) is 2.82. The second-order valence-corrected chi connectivity index (χ2v) is 8.17. The molecule has 27 heavy (non-hydrogen) atoms. The molecule has 1 saturated carbocycles. The van der Waals surface area contributed by atoms with Gasteiger partial charge in [0.05, 0.1) is 0 Å². The SMILES string of the molecule is COCCCCCC1CCC(c2ccc(-c3ccc(C)cc3F)cc2)CC1. The lowest BCUT2D eigenvalue weighted by atomic mass is 9.77. The highest BCUT2D eigenvalue weighted by atomic mass is 19.1. The molecule has 2 aromatic carbocycles. The van der Waals surface area contributed by atoms with Crippen molar-refractivity contribution in [2.75, 3.05) is 13.7 Å². The Morgan fingerprint density at radius 1 is 0.926 bits per heavy atom. The minimum Gasteiger partial charge on any atom is -0.385 e. The molecule has 3 rings (SSSR count). The summed E-state index contributed by atoms with van der Waals surface area (Å²) in [6.07, 6.45) is 10.5. The van der Waals surface area contributed by atoms with Crippen molar-refractivity contribution >= 4 is 0 Å². The van der Waals surface area contributed by atoms with E-state index >= 15 is 0 Å². The van der Waals surface area contributed by atoms with E-state index in [0.717, 1.165) is 23.7 Å². The lowest BCUT2D eigenvalue weighted by molar-refractivity contribution is 0.190. The van der Waals surface area contributed by atoms with Crippen LogP contribution in [-0.2, 0) is 4.74 Å². The van der Waals surface area contributed by atoms with Crippen molar-refractivity contribution in [2.45, 2.75) is 64.2 Å². The number of unbranched alkanes of at least 4 members (excludes halogenated alkanes) is 2. The van der Waals surface area contributed by atoms with E-state index < -0.39 is 0 Å². The summed E-state index contributed by atoms with van der Waals surface area (Å²) in [7, 11) is 1.78. The van der Waals surface area contributed by atoms with E-state index in [-0.39, 0.29) is 5.82 Å². The number of methoxy groups -OCH3 is 1. The first kappa shape index (κ1) is 20.1. The number of hydrogen-bond acceptors (Lipinski definition) is 1. The Balaban J connectivity index is 1.50. The maximum atomic E-state index is 14.2. The molecule has 0 aliphatic heterocycles. The van der Waals surface area contributed by atoms with Crippen molar-refractivity contribution in [3.8, 4) is 11.1 Å². The van der Waals surface area contributed by atoms with Gasteiger partial charge in [-0.15, -0.1) is 0 Å². The van der Waals surface area contributed by atoms with Gasteiger partial charge in [-0.05, 0) is 73.6 Å². The zero-order valence-corrected chi connectivity index (χ0v) is 16.8. The number of rotatable bonds is 8. The van der Waals surface area contributed by atoms with Gasteiger partial charge in [0.15, 0.2) is 0 Å². The molecule has 2 heteroatoms. The van der Waals surface area contributed by atoms with Gasteiger partial charge in [0.1, 0.15) is 5.82 Å². The second-order valence-electron chi connectivity index (χ2n) is 8.17. The molecule has 1 aliphatic carbocycles. The highest BCUT2D eigenvalue weighted by Gasteiger charge is 2.22. The van der Waals surface area contributed by atoms with Crippen LogP contribution in [0.3, 0.4) is 0 Å². The van der Waals surface area contributed by atoms with Crippen LogP contribution in [-0.4, -0.2) is 13.7 Å². The van der Waals surface area contributed by atoms with E-state index in [2.05, 4.69) is 24.3 Å². The average molecular weight is 369 g/mol. The molecule has 0 unspecified atom stereocenters. The van der Waals surface area contributed by atoms with Crippen LogP contribution in [0.25, 0.3) is 11.1 Å². The summed E-state index contributed by atoms with van der Waals surface area (Å²) in [5, 5.41) is 0. The fraction of sp³-hybridized carbons (Fsp3) is 0.520. The Morgan fingerprint density at radius 2 is 1.67 bits per heavy atom. The average Bonchev–Trinajstić information content (AvgIpc) is 2.69. The van der Waals surface area contributed by atoms with Crippen LogP contribution in [0.15, 0.2) is 42.5 Å². The standard InChI is InChI=1S/C25H33FO/c1-19-7-16-24(25(26)18-19)23-14-12-22(13-15-23)21-10-8-20(9-11-21)6-4-3-5-17-27-2/h7,12-16,18,20-21H,3-6,8-11,17H2,1-2H3. The lowest BCUT2D eigenvalue weighted by Crippen LogP contribution is -2.13. The number of benzene rings is 2. The summed E-state index contributed by atoms with van der Waals surface area (Å²) in [5.74, 6) is 1.45. The van der Waals surface area contributed by atoms with E-state index in [1.807, 2.05) is 19.1 Å². The van der Waals surface area contributed by atoms with Crippen LogP contribution < -0.4 is 0 Å². The molecule has 146 valence electrons. The predicted molar refractivity (Wildman–Crippen MR) is 112 cm³/mol. The van der Waals surface area contributed by atoms with E-state index in [9.17, 15) is 4.39 Å². The monoisotopic (exact) mass is 368 g/mol. The first-order valence-electron chi connectivity index (χ1n) is 10.5. The zero-order valence-electron chi connectivity index (χ0n) is 16.8. The quantitative estimate of drug-likeness (QED) is 0.445. The molecule has 1 fully saturated rings. The predicted octanol–water partition coefficient (Wildman–Crippen LogP) is 7.28. The van der Waals surface area contributed by atoms with Gasteiger partial charge < -0.3 is 4.74 Å². The van der Waals surface area contributed by atoms with Crippen LogP contribution in [0.4, 0.5) is 4.39 Å². The van der Waals surface area contributed by atoms with Crippen LogP contribution in [0.1, 0.15) is 68.4 Å². The van der Waals surface area contributed by atoms with Gasteiger partial charge in [-0.2, -0.15) is 0 Å². The summed E-state index contributed by atoms with van der Waals surface area (Å²) in [6, 6.07) is 14.1. The molecule has 1 aliphatic rings. The van der Waals surface area contributed by atoms with E-state index in [0.29, 0.717) is 11.5 Å². The Kier molecular flexibility index (Phi) is 7.46. The van der Waals surface area contributed by atoms with Gasteiger partial charge in [0, 0.05) is 19.3 Å². The van der Waals surface area contributed by atoms with Crippen LogP contribution in [0.5, 0.6) is 0 Å².